The fourth-order valence-electron chi connectivity index (χ4n) is 9.00. The third-order valence-electron chi connectivity index (χ3n) is 11.2. The van der Waals surface area contributed by atoms with Gasteiger partial charge < -0.3 is 29.8 Å². The van der Waals surface area contributed by atoms with E-state index in [1.165, 1.54) is 6.07 Å². The number of hydrogen-bond acceptors (Lipinski definition) is 7. The fourth-order valence-corrected chi connectivity index (χ4v) is 9.00. The standard InChI is InChI=1S/C29H41NO8/c1-26-11-7-19(38-25(34)30-15-3-4-23(31)32)16-28(26,35)13-9-22-21(26)8-12-27(2)20(10-14-29(22,27)36)18-5-6-24(33)37-17-18/h5-6,17,19-22,35-36H,3-4,7-16H2,1-2H3,(H,30,34)(H,31,32)/t19-,20+,21-,22+,26+,27+,28-,29-/m0/s1. The molecule has 0 saturated heterocycles. The molecule has 210 valence electrons. The first kappa shape index (κ1) is 27.2. The summed E-state index contributed by atoms with van der Waals surface area (Å²) in [5, 5.41) is 35.7. The van der Waals surface area contributed by atoms with E-state index in [9.17, 15) is 24.6 Å². The Morgan fingerprint density at radius 1 is 1.03 bits per heavy atom. The summed E-state index contributed by atoms with van der Waals surface area (Å²) in [6.07, 6.45) is 7.16. The minimum absolute atomic E-state index is 0.0156. The van der Waals surface area contributed by atoms with Crippen LogP contribution < -0.4 is 10.9 Å². The van der Waals surface area contributed by atoms with Gasteiger partial charge >= 0.3 is 17.7 Å². The van der Waals surface area contributed by atoms with E-state index in [4.69, 9.17) is 14.3 Å². The number of nitrogens with one attached hydrogen (secondary N) is 1. The van der Waals surface area contributed by atoms with Crippen LogP contribution in [0, 0.1) is 22.7 Å². The van der Waals surface area contributed by atoms with Gasteiger partial charge in [0, 0.05) is 30.9 Å². The maximum absolute atomic E-state index is 12.4. The van der Waals surface area contributed by atoms with Crippen LogP contribution in [-0.2, 0) is 9.53 Å². The van der Waals surface area contributed by atoms with Crippen LogP contribution in [0.5, 0.6) is 0 Å². The third kappa shape index (κ3) is 4.26. The van der Waals surface area contributed by atoms with Crippen LogP contribution in [0.2, 0.25) is 0 Å². The van der Waals surface area contributed by atoms with Gasteiger partial charge in [-0.25, -0.2) is 9.59 Å². The van der Waals surface area contributed by atoms with Gasteiger partial charge in [-0.05, 0) is 92.6 Å². The number of amides is 1. The Balaban J connectivity index is 1.28. The molecule has 4 aliphatic carbocycles. The fraction of sp³-hybridized carbons (Fsp3) is 0.759. The van der Waals surface area contributed by atoms with Crippen molar-refractivity contribution in [2.45, 2.75) is 108 Å². The van der Waals surface area contributed by atoms with E-state index in [-0.39, 0.29) is 47.2 Å². The summed E-state index contributed by atoms with van der Waals surface area (Å²) < 4.78 is 10.8. The SMILES string of the molecule is C[C@]12CC[C@H](OC(=O)NCCCC(=O)O)C[C@@]1(O)CC[C@@H]1[C@@H]2CC[C@]2(C)[C@@H](c3ccc(=O)oc3)CC[C@]12O. The van der Waals surface area contributed by atoms with Crippen molar-refractivity contribution < 1.29 is 34.1 Å². The van der Waals surface area contributed by atoms with Crippen molar-refractivity contribution in [1.29, 1.82) is 0 Å². The molecule has 9 heteroatoms. The number of carbonyl (C=O) groups excluding carboxylic acids is 1. The van der Waals surface area contributed by atoms with Crippen LogP contribution in [-0.4, -0.2) is 51.2 Å². The Labute approximate surface area is 223 Å². The van der Waals surface area contributed by atoms with E-state index >= 15 is 0 Å². The average molecular weight is 532 g/mol. The summed E-state index contributed by atoms with van der Waals surface area (Å²) in [4.78, 5) is 34.4. The molecule has 5 rings (SSSR count). The average Bonchev–Trinajstić information content (AvgIpc) is 3.14. The molecule has 4 saturated carbocycles. The maximum atomic E-state index is 12.4. The number of carbonyl (C=O) groups is 2. The number of alkyl carbamates (subject to hydrolysis) is 1. The molecule has 38 heavy (non-hydrogen) atoms. The molecular weight excluding hydrogens is 490 g/mol. The minimum atomic E-state index is -0.981. The minimum Gasteiger partial charge on any atom is -0.481 e. The number of aliphatic hydroxyl groups is 2. The molecule has 0 spiro atoms. The van der Waals surface area contributed by atoms with Crippen LogP contribution >= 0.6 is 0 Å². The molecule has 9 nitrogen and oxygen atoms in total. The lowest BCUT2D eigenvalue weighted by molar-refractivity contribution is -0.253. The highest BCUT2D eigenvalue weighted by Crippen LogP contribution is 2.71. The summed E-state index contributed by atoms with van der Waals surface area (Å²) in [7, 11) is 0. The number of aliphatic carboxylic acids is 1. The normalized spacial score (nSPS) is 41.9. The predicted molar refractivity (Wildman–Crippen MR) is 138 cm³/mol. The summed E-state index contributed by atoms with van der Waals surface area (Å²) in [5.74, 6) is -0.553. The van der Waals surface area contributed by atoms with Gasteiger partial charge in [0.15, 0.2) is 0 Å². The summed E-state index contributed by atoms with van der Waals surface area (Å²) >= 11 is 0. The van der Waals surface area contributed by atoms with Crippen molar-refractivity contribution >= 4 is 12.1 Å². The van der Waals surface area contributed by atoms with Crippen molar-refractivity contribution in [3.8, 4) is 0 Å². The van der Waals surface area contributed by atoms with E-state index in [2.05, 4.69) is 19.2 Å². The zero-order chi connectivity index (χ0) is 27.3. The Bertz CT molecular complexity index is 1120. The van der Waals surface area contributed by atoms with E-state index in [1.807, 2.05) is 6.07 Å². The van der Waals surface area contributed by atoms with Gasteiger partial charge in [0.25, 0.3) is 0 Å². The van der Waals surface area contributed by atoms with Gasteiger partial charge in [-0.1, -0.05) is 13.8 Å². The molecule has 0 unspecified atom stereocenters. The Kier molecular flexibility index (Phi) is 6.91. The molecule has 0 radical (unpaired) electrons. The lowest BCUT2D eigenvalue weighted by Gasteiger charge is -2.66. The van der Waals surface area contributed by atoms with Crippen molar-refractivity contribution in [2.24, 2.45) is 22.7 Å². The Hall–Kier alpha value is -2.39. The lowest BCUT2D eigenvalue weighted by atomic mass is 9.42. The zero-order valence-corrected chi connectivity index (χ0v) is 22.4. The van der Waals surface area contributed by atoms with Crippen LogP contribution in [0.25, 0.3) is 0 Å². The van der Waals surface area contributed by atoms with Gasteiger partial charge in [-0.15, -0.1) is 0 Å². The van der Waals surface area contributed by atoms with Crippen molar-refractivity contribution in [3.05, 3.63) is 34.4 Å². The molecule has 1 amide bonds. The van der Waals surface area contributed by atoms with Crippen molar-refractivity contribution in [2.75, 3.05) is 6.54 Å². The maximum Gasteiger partial charge on any atom is 0.407 e. The topological polar surface area (TPSA) is 146 Å². The highest BCUT2D eigenvalue weighted by Gasteiger charge is 2.70. The third-order valence-corrected chi connectivity index (χ3v) is 11.2. The summed E-state index contributed by atoms with van der Waals surface area (Å²) in [5.41, 5.74) is -1.96. The van der Waals surface area contributed by atoms with E-state index in [0.29, 0.717) is 44.9 Å². The Morgan fingerprint density at radius 2 is 1.76 bits per heavy atom. The van der Waals surface area contributed by atoms with Crippen molar-refractivity contribution in [3.63, 3.8) is 0 Å². The molecule has 8 atom stereocenters. The number of fused-ring (bicyclic) bond motifs is 5. The van der Waals surface area contributed by atoms with Crippen LogP contribution in [0.4, 0.5) is 4.79 Å². The number of carboxylic acids is 1. The second-order valence-corrected chi connectivity index (χ2v) is 12.8. The van der Waals surface area contributed by atoms with E-state index < -0.39 is 29.4 Å². The molecule has 1 aromatic rings. The first-order valence-corrected chi connectivity index (χ1v) is 14.1. The van der Waals surface area contributed by atoms with Crippen LogP contribution in [0.15, 0.2) is 27.6 Å². The molecule has 0 bridgehead atoms. The van der Waals surface area contributed by atoms with Crippen LogP contribution in [0.1, 0.15) is 96.0 Å². The largest absolute Gasteiger partial charge is 0.481 e. The first-order chi connectivity index (χ1) is 17.9. The van der Waals surface area contributed by atoms with Gasteiger partial charge in [-0.3, -0.25) is 4.79 Å². The quantitative estimate of drug-likeness (QED) is 0.404. The summed E-state index contributed by atoms with van der Waals surface area (Å²) in [6, 6.07) is 3.30. The predicted octanol–water partition coefficient (Wildman–Crippen LogP) is 3.96. The number of rotatable bonds is 6. The monoisotopic (exact) mass is 531 g/mol. The highest BCUT2D eigenvalue weighted by atomic mass is 16.6. The first-order valence-electron chi connectivity index (χ1n) is 14.1. The number of carboxylic acid groups (broad SMARTS) is 1. The van der Waals surface area contributed by atoms with E-state index in [1.54, 1.807) is 6.26 Å². The Morgan fingerprint density at radius 3 is 2.47 bits per heavy atom. The van der Waals surface area contributed by atoms with E-state index in [0.717, 1.165) is 24.8 Å². The number of hydrogen-bond donors (Lipinski definition) is 4. The van der Waals surface area contributed by atoms with Gasteiger partial charge in [-0.2, -0.15) is 0 Å². The summed E-state index contributed by atoms with van der Waals surface area (Å²) in [6.45, 7) is 4.59. The molecule has 0 aromatic carbocycles. The van der Waals surface area contributed by atoms with Gasteiger partial charge in [0.1, 0.15) is 6.10 Å². The number of ether oxygens (including phenoxy) is 1. The second kappa shape index (κ2) is 9.66. The lowest BCUT2D eigenvalue weighted by Crippen LogP contribution is -2.67. The zero-order valence-electron chi connectivity index (χ0n) is 22.4. The van der Waals surface area contributed by atoms with Crippen molar-refractivity contribution in [1.82, 2.24) is 5.32 Å². The van der Waals surface area contributed by atoms with Gasteiger partial charge in [0.05, 0.1) is 17.5 Å². The second-order valence-electron chi connectivity index (χ2n) is 12.8. The molecule has 0 aliphatic heterocycles. The van der Waals surface area contributed by atoms with Gasteiger partial charge in [0.2, 0.25) is 0 Å². The molecule has 4 fully saturated rings. The molecule has 4 aliphatic rings. The molecule has 1 heterocycles. The van der Waals surface area contributed by atoms with Crippen LogP contribution in [0.3, 0.4) is 0 Å². The molecule has 1 aromatic heterocycles. The molecular formula is C29H41NO8. The molecule has 4 N–H and O–H groups in total. The smallest absolute Gasteiger partial charge is 0.407 e. The highest BCUT2D eigenvalue weighted by molar-refractivity contribution is 5.68.